The molecule has 21 heavy (non-hydrogen) atoms. The van der Waals surface area contributed by atoms with Gasteiger partial charge in [-0.3, -0.25) is 10.1 Å². The molecule has 0 amide bonds. The number of hydrogen-bond donors (Lipinski definition) is 1. The van der Waals surface area contributed by atoms with E-state index < -0.39 is 0 Å². The van der Waals surface area contributed by atoms with Crippen molar-refractivity contribution in [2.75, 3.05) is 6.54 Å². The lowest BCUT2D eigenvalue weighted by molar-refractivity contribution is -0.384. The van der Waals surface area contributed by atoms with Crippen molar-refractivity contribution < 1.29 is 4.92 Å². The Labute approximate surface area is 127 Å². The van der Waals surface area contributed by atoms with Crippen molar-refractivity contribution >= 4 is 5.69 Å². The van der Waals surface area contributed by atoms with Crippen LogP contribution in [0.15, 0.2) is 24.3 Å². The van der Waals surface area contributed by atoms with Crippen LogP contribution in [0.1, 0.15) is 64.0 Å². The number of rotatable bonds is 8. The zero-order valence-corrected chi connectivity index (χ0v) is 13.1. The first-order valence-electron chi connectivity index (χ1n) is 8.08. The summed E-state index contributed by atoms with van der Waals surface area (Å²) in [4.78, 5) is 10.6. The second-order valence-electron chi connectivity index (χ2n) is 6.28. The van der Waals surface area contributed by atoms with Gasteiger partial charge in [0.05, 0.1) is 4.92 Å². The standard InChI is InChI=1S/C17H26N2O2/c1-3-7-16(18-13-17(4-2)10-6-11-17)14-8-5-9-15(12-14)19(20)21/h5,8-9,12,16,18H,3-4,6-7,10-11,13H2,1-2H3. The first kappa shape index (κ1) is 16.0. The van der Waals surface area contributed by atoms with Gasteiger partial charge >= 0.3 is 0 Å². The summed E-state index contributed by atoms with van der Waals surface area (Å²) in [6, 6.07) is 7.29. The molecular weight excluding hydrogens is 264 g/mol. The van der Waals surface area contributed by atoms with E-state index in [0.717, 1.165) is 24.9 Å². The molecule has 1 atom stereocenters. The zero-order chi connectivity index (χ0) is 15.3. The molecule has 1 N–H and O–H groups in total. The smallest absolute Gasteiger partial charge is 0.269 e. The number of hydrogen-bond acceptors (Lipinski definition) is 3. The van der Waals surface area contributed by atoms with Crippen molar-refractivity contribution in [3.05, 3.63) is 39.9 Å². The molecule has 1 saturated carbocycles. The molecule has 4 heteroatoms. The maximum absolute atomic E-state index is 10.9. The summed E-state index contributed by atoms with van der Waals surface area (Å²) in [5, 5.41) is 14.6. The Hall–Kier alpha value is -1.42. The Morgan fingerprint density at radius 1 is 1.38 bits per heavy atom. The number of nitrogens with zero attached hydrogens (tertiary/aromatic N) is 1. The van der Waals surface area contributed by atoms with E-state index in [9.17, 15) is 10.1 Å². The molecule has 0 bridgehead atoms. The third-order valence-electron chi connectivity index (χ3n) is 4.95. The van der Waals surface area contributed by atoms with Gasteiger partial charge in [0.25, 0.3) is 5.69 Å². The van der Waals surface area contributed by atoms with Crippen molar-refractivity contribution in [3.63, 3.8) is 0 Å². The summed E-state index contributed by atoms with van der Waals surface area (Å²) in [7, 11) is 0. The number of benzene rings is 1. The Bertz CT molecular complexity index is 478. The molecule has 1 fully saturated rings. The molecule has 0 spiro atoms. The summed E-state index contributed by atoms with van der Waals surface area (Å²) in [6.07, 6.45) is 7.26. The summed E-state index contributed by atoms with van der Waals surface area (Å²) < 4.78 is 0. The van der Waals surface area contributed by atoms with Crippen LogP contribution in [0.25, 0.3) is 0 Å². The Morgan fingerprint density at radius 3 is 2.67 bits per heavy atom. The summed E-state index contributed by atoms with van der Waals surface area (Å²) in [6.45, 7) is 5.45. The first-order valence-corrected chi connectivity index (χ1v) is 8.08. The molecule has 1 aromatic rings. The average Bonchev–Trinajstić information content (AvgIpc) is 2.45. The molecule has 1 aromatic carbocycles. The zero-order valence-electron chi connectivity index (χ0n) is 13.1. The van der Waals surface area contributed by atoms with Crippen molar-refractivity contribution in [3.8, 4) is 0 Å². The molecule has 0 saturated heterocycles. The van der Waals surface area contributed by atoms with Gasteiger partial charge in [0.2, 0.25) is 0 Å². The van der Waals surface area contributed by atoms with Gasteiger partial charge in [0, 0.05) is 24.7 Å². The normalized spacial score (nSPS) is 18.0. The molecule has 1 unspecified atom stereocenters. The van der Waals surface area contributed by atoms with Crippen molar-refractivity contribution in [1.82, 2.24) is 5.32 Å². The average molecular weight is 290 g/mol. The lowest BCUT2D eigenvalue weighted by Crippen LogP contribution is -2.40. The van der Waals surface area contributed by atoms with Crippen LogP contribution in [-0.4, -0.2) is 11.5 Å². The van der Waals surface area contributed by atoms with E-state index in [-0.39, 0.29) is 16.7 Å². The minimum atomic E-state index is -0.314. The second kappa shape index (κ2) is 7.03. The minimum absolute atomic E-state index is 0.184. The van der Waals surface area contributed by atoms with Crippen LogP contribution in [0.3, 0.4) is 0 Å². The number of nitrogens with one attached hydrogen (secondary N) is 1. The first-order chi connectivity index (χ1) is 10.1. The van der Waals surface area contributed by atoms with Gasteiger partial charge in [0.15, 0.2) is 0 Å². The van der Waals surface area contributed by atoms with E-state index in [1.165, 1.54) is 25.7 Å². The van der Waals surface area contributed by atoms with Crippen LogP contribution < -0.4 is 5.32 Å². The molecule has 0 aliphatic heterocycles. The topological polar surface area (TPSA) is 55.2 Å². The lowest BCUT2D eigenvalue weighted by atomic mass is 9.67. The summed E-state index contributed by atoms with van der Waals surface area (Å²) in [5.41, 5.74) is 1.69. The molecule has 4 nitrogen and oxygen atoms in total. The van der Waals surface area contributed by atoms with Crippen LogP contribution in [-0.2, 0) is 0 Å². The second-order valence-corrected chi connectivity index (χ2v) is 6.28. The molecule has 1 aliphatic carbocycles. The molecule has 0 heterocycles. The molecule has 116 valence electrons. The van der Waals surface area contributed by atoms with Crippen molar-refractivity contribution in [2.45, 2.75) is 58.4 Å². The Morgan fingerprint density at radius 2 is 2.14 bits per heavy atom. The summed E-state index contributed by atoms with van der Waals surface area (Å²) in [5.74, 6) is 0. The van der Waals surface area contributed by atoms with E-state index in [4.69, 9.17) is 0 Å². The van der Waals surface area contributed by atoms with Gasteiger partial charge in [0.1, 0.15) is 0 Å². The summed E-state index contributed by atoms with van der Waals surface area (Å²) >= 11 is 0. The fourth-order valence-electron chi connectivity index (χ4n) is 3.20. The maximum Gasteiger partial charge on any atom is 0.269 e. The van der Waals surface area contributed by atoms with Gasteiger partial charge in [-0.1, -0.05) is 38.8 Å². The largest absolute Gasteiger partial charge is 0.309 e. The maximum atomic E-state index is 10.9. The SMILES string of the molecule is CCCC(NCC1(CC)CCC1)c1cccc([N+](=O)[O-])c1. The van der Waals surface area contributed by atoms with Gasteiger partial charge in [-0.15, -0.1) is 0 Å². The number of nitro benzene ring substituents is 1. The van der Waals surface area contributed by atoms with E-state index >= 15 is 0 Å². The van der Waals surface area contributed by atoms with Crippen LogP contribution in [0.5, 0.6) is 0 Å². The van der Waals surface area contributed by atoms with E-state index in [1.54, 1.807) is 18.2 Å². The lowest BCUT2D eigenvalue weighted by Gasteiger charge is -2.42. The highest BCUT2D eigenvalue weighted by Gasteiger charge is 2.35. The van der Waals surface area contributed by atoms with Crippen molar-refractivity contribution in [2.24, 2.45) is 5.41 Å². The van der Waals surface area contributed by atoms with Crippen LogP contribution >= 0.6 is 0 Å². The van der Waals surface area contributed by atoms with Gasteiger partial charge < -0.3 is 5.32 Å². The van der Waals surface area contributed by atoms with Crippen molar-refractivity contribution in [1.29, 1.82) is 0 Å². The third kappa shape index (κ3) is 3.82. The van der Waals surface area contributed by atoms with Crippen LogP contribution in [0.4, 0.5) is 5.69 Å². The van der Waals surface area contributed by atoms with Crippen LogP contribution in [0.2, 0.25) is 0 Å². The monoisotopic (exact) mass is 290 g/mol. The Kier molecular flexibility index (Phi) is 5.34. The van der Waals surface area contributed by atoms with E-state index in [2.05, 4.69) is 19.2 Å². The predicted molar refractivity (Wildman–Crippen MR) is 85.3 cm³/mol. The van der Waals surface area contributed by atoms with Gasteiger partial charge in [-0.25, -0.2) is 0 Å². The van der Waals surface area contributed by atoms with Gasteiger partial charge in [-0.05, 0) is 36.7 Å². The minimum Gasteiger partial charge on any atom is -0.309 e. The van der Waals surface area contributed by atoms with E-state index in [0.29, 0.717) is 5.41 Å². The van der Waals surface area contributed by atoms with E-state index in [1.807, 2.05) is 6.07 Å². The molecule has 0 aromatic heterocycles. The highest BCUT2D eigenvalue weighted by atomic mass is 16.6. The fourth-order valence-corrected chi connectivity index (χ4v) is 3.20. The highest BCUT2D eigenvalue weighted by Crippen LogP contribution is 2.43. The number of nitro groups is 1. The molecule has 1 aliphatic rings. The highest BCUT2D eigenvalue weighted by molar-refractivity contribution is 5.35. The third-order valence-corrected chi connectivity index (χ3v) is 4.95. The Balaban J connectivity index is 2.07. The fraction of sp³-hybridized carbons (Fsp3) is 0.647. The van der Waals surface area contributed by atoms with Gasteiger partial charge in [-0.2, -0.15) is 0 Å². The molecular formula is C17H26N2O2. The predicted octanol–water partition coefficient (Wildman–Crippen LogP) is 4.61. The molecule has 0 radical (unpaired) electrons. The van der Waals surface area contributed by atoms with Crippen LogP contribution in [0, 0.1) is 15.5 Å². The number of non-ortho nitro benzene ring substituents is 1. The quantitative estimate of drug-likeness (QED) is 0.562. The molecule has 2 rings (SSSR count).